The molecule has 0 spiro atoms. The van der Waals surface area contributed by atoms with Crippen LogP contribution in [0.25, 0.3) is 0 Å². The third kappa shape index (κ3) is 4.56. The second kappa shape index (κ2) is 6.71. The van der Waals surface area contributed by atoms with Crippen molar-refractivity contribution in [1.29, 1.82) is 0 Å². The summed E-state index contributed by atoms with van der Waals surface area (Å²) in [5.74, 6) is 5.35. The van der Waals surface area contributed by atoms with Gasteiger partial charge < -0.3 is 5.32 Å². The molecular formula is C12H12ClN3O3. The van der Waals surface area contributed by atoms with Crippen molar-refractivity contribution in [3.8, 4) is 11.8 Å². The van der Waals surface area contributed by atoms with Crippen LogP contribution in [0.4, 0.5) is 5.69 Å². The van der Waals surface area contributed by atoms with E-state index in [4.69, 9.17) is 11.6 Å². The Hall–Kier alpha value is -2.13. The molecule has 0 unspecified atom stereocenters. The SMILES string of the molecule is CC(=O)NCCC#Cc1cc([N+](=O)[O-])c(C)nc1Cl. The number of aromatic nitrogens is 1. The Kier molecular flexibility index (Phi) is 5.27. The second-order valence-corrected chi connectivity index (χ2v) is 4.08. The molecule has 100 valence electrons. The van der Waals surface area contributed by atoms with Crippen LogP contribution in [-0.4, -0.2) is 22.4 Å². The van der Waals surface area contributed by atoms with E-state index in [1.165, 1.54) is 19.9 Å². The molecule has 0 saturated carbocycles. The maximum atomic E-state index is 10.8. The minimum Gasteiger partial charge on any atom is -0.355 e. The number of nitrogens with zero attached hydrogens (tertiary/aromatic N) is 2. The number of hydrogen-bond donors (Lipinski definition) is 1. The summed E-state index contributed by atoms with van der Waals surface area (Å²) in [5, 5.41) is 13.5. The molecule has 0 fully saturated rings. The zero-order valence-electron chi connectivity index (χ0n) is 10.5. The topological polar surface area (TPSA) is 85.1 Å². The van der Waals surface area contributed by atoms with Gasteiger partial charge in [0.15, 0.2) is 0 Å². The summed E-state index contributed by atoms with van der Waals surface area (Å²) in [6, 6.07) is 1.30. The van der Waals surface area contributed by atoms with Gasteiger partial charge in [-0.3, -0.25) is 14.9 Å². The molecule has 1 rings (SSSR count). The Bertz CT molecular complexity index is 576. The minimum atomic E-state index is -0.527. The molecule has 0 aromatic carbocycles. The van der Waals surface area contributed by atoms with Gasteiger partial charge in [0.2, 0.25) is 5.91 Å². The Balaban J connectivity index is 2.84. The van der Waals surface area contributed by atoms with Gasteiger partial charge in [-0.05, 0) is 6.92 Å². The summed E-state index contributed by atoms with van der Waals surface area (Å²) < 4.78 is 0. The van der Waals surface area contributed by atoms with Crippen LogP contribution in [-0.2, 0) is 4.79 Å². The van der Waals surface area contributed by atoms with E-state index < -0.39 is 4.92 Å². The van der Waals surface area contributed by atoms with Gasteiger partial charge in [0, 0.05) is 26.0 Å². The fourth-order valence-corrected chi connectivity index (χ4v) is 1.53. The third-order valence-electron chi connectivity index (χ3n) is 2.18. The highest BCUT2D eigenvalue weighted by Crippen LogP contribution is 2.22. The number of nitrogens with one attached hydrogen (secondary N) is 1. The number of carbonyl (C=O) groups is 1. The number of pyridine rings is 1. The van der Waals surface area contributed by atoms with E-state index in [1.807, 2.05) is 0 Å². The predicted molar refractivity (Wildman–Crippen MR) is 70.8 cm³/mol. The number of nitro groups is 1. The average molecular weight is 282 g/mol. The fourth-order valence-electron chi connectivity index (χ4n) is 1.30. The lowest BCUT2D eigenvalue weighted by Crippen LogP contribution is -2.20. The summed E-state index contributed by atoms with van der Waals surface area (Å²) in [7, 11) is 0. The van der Waals surface area contributed by atoms with Crippen molar-refractivity contribution in [2.24, 2.45) is 0 Å². The first kappa shape index (κ1) is 14.9. The van der Waals surface area contributed by atoms with Crippen molar-refractivity contribution in [3.05, 3.63) is 32.6 Å². The predicted octanol–water partition coefficient (Wildman–Crippen LogP) is 1.83. The minimum absolute atomic E-state index is 0.115. The highest BCUT2D eigenvalue weighted by Gasteiger charge is 2.14. The quantitative estimate of drug-likeness (QED) is 0.301. The summed E-state index contributed by atoms with van der Waals surface area (Å²) in [5.41, 5.74) is 0.441. The smallest absolute Gasteiger partial charge is 0.291 e. The lowest BCUT2D eigenvalue weighted by molar-refractivity contribution is -0.385. The number of amides is 1. The van der Waals surface area contributed by atoms with Gasteiger partial charge in [0.1, 0.15) is 10.8 Å². The molecule has 1 amide bonds. The Morgan fingerprint density at radius 2 is 2.32 bits per heavy atom. The van der Waals surface area contributed by atoms with Crippen molar-refractivity contribution in [2.75, 3.05) is 6.54 Å². The van der Waals surface area contributed by atoms with Gasteiger partial charge in [-0.25, -0.2) is 4.98 Å². The highest BCUT2D eigenvalue weighted by molar-refractivity contribution is 6.30. The molecule has 19 heavy (non-hydrogen) atoms. The zero-order valence-corrected chi connectivity index (χ0v) is 11.2. The van der Waals surface area contributed by atoms with E-state index in [1.54, 1.807) is 0 Å². The first-order chi connectivity index (χ1) is 8.91. The van der Waals surface area contributed by atoms with Gasteiger partial charge in [0.25, 0.3) is 5.69 Å². The standard InChI is InChI=1S/C12H12ClN3O3/c1-8-11(16(18)19)7-10(12(13)15-8)5-3-4-6-14-9(2)17/h7H,4,6H2,1-2H3,(H,14,17). The lowest BCUT2D eigenvalue weighted by Gasteiger charge is -1.99. The molecule has 6 nitrogen and oxygen atoms in total. The van der Waals surface area contributed by atoms with E-state index in [0.29, 0.717) is 18.5 Å². The van der Waals surface area contributed by atoms with E-state index in [-0.39, 0.29) is 22.4 Å². The Labute approximate surface area is 115 Å². The van der Waals surface area contributed by atoms with Crippen LogP contribution >= 0.6 is 11.6 Å². The lowest BCUT2D eigenvalue weighted by atomic mass is 10.2. The van der Waals surface area contributed by atoms with Crippen LogP contribution in [0, 0.1) is 28.9 Å². The largest absolute Gasteiger partial charge is 0.355 e. The summed E-state index contributed by atoms with van der Waals surface area (Å²) in [6.45, 7) is 3.34. The van der Waals surface area contributed by atoms with E-state index in [0.717, 1.165) is 0 Å². The van der Waals surface area contributed by atoms with Crippen LogP contribution in [0.15, 0.2) is 6.07 Å². The van der Waals surface area contributed by atoms with Gasteiger partial charge in [-0.1, -0.05) is 23.4 Å². The summed E-state index contributed by atoms with van der Waals surface area (Å²) >= 11 is 5.86. The Morgan fingerprint density at radius 3 is 2.89 bits per heavy atom. The fraction of sp³-hybridized carbons (Fsp3) is 0.333. The average Bonchev–Trinajstić information content (AvgIpc) is 2.30. The molecule has 0 aliphatic carbocycles. The Morgan fingerprint density at radius 1 is 1.63 bits per heavy atom. The molecule has 0 aliphatic heterocycles. The van der Waals surface area contributed by atoms with Gasteiger partial charge >= 0.3 is 0 Å². The highest BCUT2D eigenvalue weighted by atomic mass is 35.5. The normalized spacial score (nSPS) is 9.42. The van der Waals surface area contributed by atoms with Crippen molar-refractivity contribution in [1.82, 2.24) is 10.3 Å². The molecule has 0 radical (unpaired) electrons. The number of aryl methyl sites for hydroxylation is 1. The van der Waals surface area contributed by atoms with Gasteiger partial charge in [-0.15, -0.1) is 0 Å². The monoisotopic (exact) mass is 281 g/mol. The van der Waals surface area contributed by atoms with E-state index >= 15 is 0 Å². The molecule has 0 aliphatic rings. The third-order valence-corrected chi connectivity index (χ3v) is 2.47. The molecule has 0 atom stereocenters. The number of halogens is 1. The first-order valence-corrected chi connectivity index (χ1v) is 5.84. The van der Waals surface area contributed by atoms with Gasteiger partial charge in [0.05, 0.1) is 10.5 Å². The maximum Gasteiger partial charge on any atom is 0.291 e. The van der Waals surface area contributed by atoms with Crippen LogP contribution in [0.2, 0.25) is 5.15 Å². The van der Waals surface area contributed by atoms with E-state index in [9.17, 15) is 14.9 Å². The number of rotatable bonds is 3. The van der Waals surface area contributed by atoms with Crippen molar-refractivity contribution in [2.45, 2.75) is 20.3 Å². The molecule has 0 saturated heterocycles. The van der Waals surface area contributed by atoms with Gasteiger partial charge in [-0.2, -0.15) is 0 Å². The molecule has 0 bridgehead atoms. The second-order valence-electron chi connectivity index (χ2n) is 3.72. The number of hydrogen-bond acceptors (Lipinski definition) is 4. The molecule has 1 aromatic rings. The van der Waals surface area contributed by atoms with E-state index in [2.05, 4.69) is 22.1 Å². The molecule has 1 N–H and O–H groups in total. The van der Waals surface area contributed by atoms with Crippen LogP contribution in [0.5, 0.6) is 0 Å². The van der Waals surface area contributed by atoms with Crippen LogP contribution in [0.1, 0.15) is 24.6 Å². The van der Waals surface area contributed by atoms with Crippen LogP contribution in [0.3, 0.4) is 0 Å². The van der Waals surface area contributed by atoms with Crippen LogP contribution < -0.4 is 5.32 Å². The first-order valence-electron chi connectivity index (χ1n) is 5.46. The van der Waals surface area contributed by atoms with Crippen molar-refractivity contribution in [3.63, 3.8) is 0 Å². The van der Waals surface area contributed by atoms with Crippen molar-refractivity contribution >= 4 is 23.2 Å². The molecule has 1 aromatic heterocycles. The molecule has 7 heteroatoms. The maximum absolute atomic E-state index is 10.8. The zero-order chi connectivity index (χ0) is 14.4. The summed E-state index contributed by atoms with van der Waals surface area (Å²) in [6.07, 6.45) is 0.428. The molecular weight excluding hydrogens is 270 g/mol. The number of carbonyl (C=O) groups excluding carboxylic acids is 1. The molecule has 1 heterocycles. The van der Waals surface area contributed by atoms with Crippen molar-refractivity contribution < 1.29 is 9.72 Å². The summed E-state index contributed by atoms with van der Waals surface area (Å²) in [4.78, 5) is 24.7.